The largest absolute Gasteiger partial charge is 0.325 e. The van der Waals surface area contributed by atoms with Crippen LogP contribution in [0.3, 0.4) is 0 Å². The van der Waals surface area contributed by atoms with E-state index in [4.69, 9.17) is 11.6 Å². The zero-order chi connectivity index (χ0) is 18.4. The predicted molar refractivity (Wildman–Crippen MR) is 102 cm³/mol. The van der Waals surface area contributed by atoms with Gasteiger partial charge in [-0.25, -0.2) is 0 Å². The molecule has 3 aromatic rings. The second kappa shape index (κ2) is 8.27. The Labute approximate surface area is 156 Å². The normalized spacial score (nSPS) is 10.2. The van der Waals surface area contributed by atoms with Gasteiger partial charge in [-0.05, 0) is 42.0 Å². The Bertz CT molecular complexity index is 912. The average molecular weight is 366 g/mol. The number of nitrogens with zero attached hydrogens (tertiary/aromatic N) is 1. The molecule has 0 atom stereocenters. The van der Waals surface area contributed by atoms with E-state index in [2.05, 4.69) is 15.6 Å². The SMILES string of the molecule is O=C(Cc1ccc(Cl)cc1)Nc1ccccc1C(=O)Nc1cccnc1. The van der Waals surface area contributed by atoms with Gasteiger partial charge in [-0.2, -0.15) is 0 Å². The molecule has 0 aliphatic rings. The molecule has 2 amide bonds. The number of para-hydroxylation sites is 1. The number of benzene rings is 2. The van der Waals surface area contributed by atoms with E-state index in [1.807, 2.05) is 0 Å². The number of pyridine rings is 1. The highest BCUT2D eigenvalue weighted by molar-refractivity contribution is 6.30. The Hall–Kier alpha value is -3.18. The molecule has 1 heterocycles. The van der Waals surface area contributed by atoms with Crippen molar-refractivity contribution in [2.24, 2.45) is 0 Å². The smallest absolute Gasteiger partial charge is 0.257 e. The van der Waals surface area contributed by atoms with Crippen LogP contribution >= 0.6 is 11.6 Å². The fraction of sp³-hybridized carbons (Fsp3) is 0.0500. The van der Waals surface area contributed by atoms with Crippen molar-refractivity contribution in [3.63, 3.8) is 0 Å². The Morgan fingerprint density at radius 3 is 2.42 bits per heavy atom. The van der Waals surface area contributed by atoms with Crippen LogP contribution in [0.5, 0.6) is 0 Å². The molecule has 5 nitrogen and oxygen atoms in total. The van der Waals surface area contributed by atoms with Crippen LogP contribution in [0.4, 0.5) is 11.4 Å². The zero-order valence-electron chi connectivity index (χ0n) is 13.8. The monoisotopic (exact) mass is 365 g/mol. The number of carbonyl (C=O) groups excluding carboxylic acids is 2. The van der Waals surface area contributed by atoms with E-state index in [0.29, 0.717) is 22.0 Å². The molecule has 130 valence electrons. The third-order valence-electron chi connectivity index (χ3n) is 3.64. The molecule has 0 radical (unpaired) electrons. The van der Waals surface area contributed by atoms with Crippen molar-refractivity contribution in [2.75, 3.05) is 10.6 Å². The Morgan fingerprint density at radius 1 is 0.923 bits per heavy atom. The van der Waals surface area contributed by atoms with Crippen molar-refractivity contribution in [1.29, 1.82) is 0 Å². The van der Waals surface area contributed by atoms with Crippen LogP contribution in [0.25, 0.3) is 0 Å². The van der Waals surface area contributed by atoms with Crippen molar-refractivity contribution >= 4 is 34.8 Å². The van der Waals surface area contributed by atoms with Gasteiger partial charge in [-0.15, -0.1) is 0 Å². The first kappa shape index (κ1) is 17.6. The van der Waals surface area contributed by atoms with Crippen LogP contribution < -0.4 is 10.6 Å². The summed E-state index contributed by atoms with van der Waals surface area (Å²) in [7, 11) is 0. The van der Waals surface area contributed by atoms with E-state index in [1.165, 1.54) is 0 Å². The molecule has 0 saturated carbocycles. The van der Waals surface area contributed by atoms with Gasteiger partial charge in [0.15, 0.2) is 0 Å². The van der Waals surface area contributed by atoms with Gasteiger partial charge in [0, 0.05) is 11.2 Å². The van der Waals surface area contributed by atoms with E-state index in [1.54, 1.807) is 73.1 Å². The summed E-state index contributed by atoms with van der Waals surface area (Å²) in [5.74, 6) is -0.533. The molecule has 0 unspecified atom stereocenters. The number of aromatic nitrogens is 1. The van der Waals surface area contributed by atoms with E-state index < -0.39 is 0 Å². The first-order valence-electron chi connectivity index (χ1n) is 7.96. The maximum Gasteiger partial charge on any atom is 0.257 e. The van der Waals surface area contributed by atoms with Crippen LogP contribution in [0, 0.1) is 0 Å². The number of halogens is 1. The first-order chi connectivity index (χ1) is 12.6. The van der Waals surface area contributed by atoms with Gasteiger partial charge in [0.2, 0.25) is 5.91 Å². The molecule has 3 rings (SSSR count). The third kappa shape index (κ3) is 4.68. The van der Waals surface area contributed by atoms with Gasteiger partial charge < -0.3 is 10.6 Å². The molecule has 2 aromatic carbocycles. The lowest BCUT2D eigenvalue weighted by Crippen LogP contribution is -2.19. The summed E-state index contributed by atoms with van der Waals surface area (Å²) in [5, 5.41) is 6.17. The van der Waals surface area contributed by atoms with Crippen molar-refractivity contribution in [1.82, 2.24) is 4.98 Å². The highest BCUT2D eigenvalue weighted by Crippen LogP contribution is 2.18. The van der Waals surface area contributed by atoms with Crippen molar-refractivity contribution < 1.29 is 9.59 Å². The lowest BCUT2D eigenvalue weighted by Gasteiger charge is -2.11. The quantitative estimate of drug-likeness (QED) is 0.712. The molecule has 26 heavy (non-hydrogen) atoms. The molecule has 1 aromatic heterocycles. The minimum absolute atomic E-state index is 0.190. The second-order valence-electron chi connectivity index (χ2n) is 5.59. The average Bonchev–Trinajstić information content (AvgIpc) is 2.65. The number of rotatable bonds is 5. The second-order valence-corrected chi connectivity index (χ2v) is 6.03. The number of nitrogens with one attached hydrogen (secondary N) is 2. The molecule has 0 saturated heterocycles. The van der Waals surface area contributed by atoms with Crippen molar-refractivity contribution in [3.8, 4) is 0 Å². The number of carbonyl (C=O) groups is 2. The van der Waals surface area contributed by atoms with Crippen LogP contribution in [-0.2, 0) is 11.2 Å². The van der Waals surface area contributed by atoms with Gasteiger partial charge >= 0.3 is 0 Å². The summed E-state index contributed by atoms with van der Waals surface area (Å²) >= 11 is 5.85. The summed E-state index contributed by atoms with van der Waals surface area (Å²) in [5.41, 5.74) is 2.25. The van der Waals surface area contributed by atoms with Gasteiger partial charge in [0.05, 0.1) is 29.6 Å². The van der Waals surface area contributed by atoms with Crippen LogP contribution in [0.15, 0.2) is 73.1 Å². The summed E-state index contributed by atoms with van der Waals surface area (Å²) in [6.07, 6.45) is 3.37. The maximum absolute atomic E-state index is 12.5. The number of amides is 2. The number of hydrogen-bond donors (Lipinski definition) is 2. The summed E-state index contributed by atoms with van der Waals surface area (Å²) in [4.78, 5) is 28.8. The number of anilines is 2. The van der Waals surface area contributed by atoms with Crippen molar-refractivity contribution in [2.45, 2.75) is 6.42 Å². The maximum atomic E-state index is 12.5. The minimum Gasteiger partial charge on any atom is -0.325 e. The lowest BCUT2D eigenvalue weighted by molar-refractivity contribution is -0.115. The zero-order valence-corrected chi connectivity index (χ0v) is 14.5. The van der Waals surface area contributed by atoms with Crippen LogP contribution in [0.1, 0.15) is 15.9 Å². The molecule has 2 N–H and O–H groups in total. The number of hydrogen-bond acceptors (Lipinski definition) is 3. The highest BCUT2D eigenvalue weighted by atomic mass is 35.5. The van der Waals surface area contributed by atoms with Gasteiger partial charge in [-0.1, -0.05) is 35.9 Å². The highest BCUT2D eigenvalue weighted by Gasteiger charge is 2.13. The standard InChI is InChI=1S/C20H16ClN3O2/c21-15-9-7-14(8-10-15)12-19(25)24-18-6-2-1-5-17(18)20(26)23-16-4-3-11-22-13-16/h1-11,13H,12H2,(H,23,26)(H,24,25). The Kier molecular flexibility index (Phi) is 5.61. The fourth-order valence-corrected chi connectivity index (χ4v) is 2.53. The van der Waals surface area contributed by atoms with E-state index in [-0.39, 0.29) is 18.2 Å². The molecule has 0 aliphatic carbocycles. The lowest BCUT2D eigenvalue weighted by atomic mass is 10.1. The molecule has 6 heteroatoms. The molecular formula is C20H16ClN3O2. The summed E-state index contributed by atoms with van der Waals surface area (Å²) in [6, 6.07) is 17.4. The van der Waals surface area contributed by atoms with Gasteiger partial charge in [0.1, 0.15) is 0 Å². The molecule has 0 spiro atoms. The van der Waals surface area contributed by atoms with Crippen molar-refractivity contribution in [3.05, 3.63) is 89.2 Å². The van der Waals surface area contributed by atoms with Gasteiger partial charge in [0.25, 0.3) is 5.91 Å². The van der Waals surface area contributed by atoms with Crippen LogP contribution in [0.2, 0.25) is 5.02 Å². The molecule has 0 bridgehead atoms. The Morgan fingerprint density at radius 2 is 1.69 bits per heavy atom. The Balaban J connectivity index is 1.71. The minimum atomic E-state index is -0.319. The fourth-order valence-electron chi connectivity index (χ4n) is 2.41. The van der Waals surface area contributed by atoms with E-state index >= 15 is 0 Å². The van der Waals surface area contributed by atoms with Crippen LogP contribution in [-0.4, -0.2) is 16.8 Å². The molecule has 0 fully saturated rings. The van der Waals surface area contributed by atoms with E-state index in [9.17, 15) is 9.59 Å². The third-order valence-corrected chi connectivity index (χ3v) is 3.90. The van der Waals surface area contributed by atoms with E-state index in [0.717, 1.165) is 5.56 Å². The summed E-state index contributed by atoms with van der Waals surface area (Å²) in [6.45, 7) is 0. The first-order valence-corrected chi connectivity index (χ1v) is 8.34. The topological polar surface area (TPSA) is 71.1 Å². The summed E-state index contributed by atoms with van der Waals surface area (Å²) < 4.78 is 0. The molecular weight excluding hydrogens is 350 g/mol. The predicted octanol–water partition coefficient (Wildman–Crippen LogP) is 4.17. The molecule has 0 aliphatic heterocycles. The van der Waals surface area contributed by atoms with Gasteiger partial charge in [-0.3, -0.25) is 14.6 Å².